The third-order valence-corrected chi connectivity index (χ3v) is 4.15. The van der Waals surface area contributed by atoms with Gasteiger partial charge in [-0.25, -0.2) is 4.39 Å². The molecule has 0 heterocycles. The van der Waals surface area contributed by atoms with E-state index in [4.69, 9.17) is 4.74 Å². The van der Waals surface area contributed by atoms with Crippen LogP contribution in [0, 0.1) is 11.2 Å². The van der Waals surface area contributed by atoms with Crippen molar-refractivity contribution in [3.8, 4) is 0 Å². The summed E-state index contributed by atoms with van der Waals surface area (Å²) in [7, 11) is 0. The molecule has 0 saturated heterocycles. The second-order valence-electron chi connectivity index (χ2n) is 6.12. The molecule has 1 aromatic carbocycles. The van der Waals surface area contributed by atoms with E-state index in [0.29, 0.717) is 4.47 Å². The van der Waals surface area contributed by atoms with Gasteiger partial charge in [-0.3, -0.25) is 4.79 Å². The van der Waals surface area contributed by atoms with Gasteiger partial charge in [-0.05, 0) is 73.7 Å². The zero-order valence-electron chi connectivity index (χ0n) is 11.4. The Labute approximate surface area is 121 Å². The molecule has 2 rings (SSSR count). The largest absolute Gasteiger partial charge is 0.454 e. The molecule has 1 fully saturated rings. The molecular weight excluding hydrogens is 311 g/mol. The van der Waals surface area contributed by atoms with Crippen LogP contribution in [0.15, 0.2) is 22.7 Å². The fourth-order valence-electron chi connectivity index (χ4n) is 2.06. The molecule has 4 heteroatoms. The highest BCUT2D eigenvalue weighted by molar-refractivity contribution is 9.10. The number of carbonyl (C=O) groups is 1. The van der Waals surface area contributed by atoms with E-state index in [2.05, 4.69) is 15.9 Å². The number of hydrogen-bond donors (Lipinski definition) is 0. The predicted molar refractivity (Wildman–Crippen MR) is 75.2 cm³/mol. The maximum Gasteiger partial charge on any atom is 0.312 e. The first-order chi connectivity index (χ1) is 8.74. The molecule has 0 aliphatic heterocycles. The van der Waals surface area contributed by atoms with Gasteiger partial charge in [0.05, 0.1) is 9.89 Å². The lowest BCUT2D eigenvalue weighted by Gasteiger charge is -2.42. The molecule has 1 aromatic rings. The van der Waals surface area contributed by atoms with E-state index in [1.54, 1.807) is 6.07 Å². The molecule has 0 amide bonds. The van der Waals surface area contributed by atoms with Gasteiger partial charge in [0, 0.05) is 0 Å². The molecule has 1 saturated carbocycles. The molecule has 0 radical (unpaired) electrons. The molecule has 0 spiro atoms. The maximum atomic E-state index is 13.7. The predicted octanol–water partition coefficient (Wildman–Crippen LogP) is 4.56. The van der Waals surface area contributed by atoms with Gasteiger partial charge in [-0.2, -0.15) is 0 Å². The maximum absolute atomic E-state index is 13.7. The number of benzene rings is 1. The molecule has 19 heavy (non-hydrogen) atoms. The minimum absolute atomic E-state index is 0.240. The van der Waals surface area contributed by atoms with E-state index in [-0.39, 0.29) is 11.8 Å². The minimum Gasteiger partial charge on any atom is -0.454 e. The van der Waals surface area contributed by atoms with Gasteiger partial charge in [0.15, 0.2) is 0 Å². The Kier molecular flexibility index (Phi) is 3.74. The van der Waals surface area contributed by atoms with Crippen molar-refractivity contribution in [2.45, 2.75) is 45.6 Å². The molecule has 1 aliphatic rings. The third kappa shape index (κ3) is 2.83. The molecule has 0 atom stereocenters. The van der Waals surface area contributed by atoms with E-state index in [1.165, 1.54) is 6.07 Å². The van der Waals surface area contributed by atoms with Gasteiger partial charge in [0.25, 0.3) is 0 Å². The van der Waals surface area contributed by atoms with Crippen molar-refractivity contribution in [1.29, 1.82) is 0 Å². The van der Waals surface area contributed by atoms with Crippen LogP contribution in [-0.2, 0) is 15.1 Å². The number of carbonyl (C=O) groups excluding carboxylic acids is 1. The molecule has 1 aliphatic carbocycles. The lowest BCUT2D eigenvalue weighted by atomic mass is 9.74. The summed E-state index contributed by atoms with van der Waals surface area (Å²) in [4.78, 5) is 12.1. The van der Waals surface area contributed by atoms with Crippen LogP contribution in [-0.4, -0.2) is 5.97 Å². The van der Waals surface area contributed by atoms with Crippen LogP contribution in [0.2, 0.25) is 0 Å². The van der Waals surface area contributed by atoms with Gasteiger partial charge in [-0.1, -0.05) is 6.07 Å². The van der Waals surface area contributed by atoms with E-state index < -0.39 is 11.0 Å². The average molecular weight is 329 g/mol. The van der Waals surface area contributed by atoms with Crippen molar-refractivity contribution in [2.75, 3.05) is 0 Å². The fraction of sp³-hybridized carbons (Fsp3) is 0.533. The first-order valence-electron chi connectivity index (χ1n) is 6.44. The van der Waals surface area contributed by atoms with E-state index in [9.17, 15) is 9.18 Å². The number of hydrogen-bond acceptors (Lipinski definition) is 2. The standard InChI is InChI=1S/C15H18BrFO2/c1-14(2,3)13(18)19-15(7-4-8-15)10-5-6-11(16)12(17)9-10/h5-6,9H,4,7-8H2,1-3H3. The van der Waals surface area contributed by atoms with E-state index in [0.717, 1.165) is 24.8 Å². The summed E-state index contributed by atoms with van der Waals surface area (Å²) in [6.07, 6.45) is 2.51. The Bertz CT molecular complexity index is 501. The molecule has 0 bridgehead atoms. The number of ether oxygens (including phenoxy) is 1. The molecule has 0 aromatic heterocycles. The van der Waals surface area contributed by atoms with Crippen molar-refractivity contribution in [1.82, 2.24) is 0 Å². The molecule has 0 N–H and O–H groups in total. The summed E-state index contributed by atoms with van der Waals surface area (Å²) in [5, 5.41) is 0. The van der Waals surface area contributed by atoms with Crippen LogP contribution in [0.4, 0.5) is 4.39 Å². The van der Waals surface area contributed by atoms with Crippen LogP contribution < -0.4 is 0 Å². The minimum atomic E-state index is -0.633. The van der Waals surface area contributed by atoms with Crippen LogP contribution in [0.3, 0.4) is 0 Å². The summed E-state index contributed by atoms with van der Waals surface area (Å²) < 4.78 is 19.8. The van der Waals surface area contributed by atoms with Gasteiger partial charge in [-0.15, -0.1) is 0 Å². The summed E-state index contributed by atoms with van der Waals surface area (Å²) in [6.45, 7) is 5.47. The summed E-state index contributed by atoms with van der Waals surface area (Å²) in [6, 6.07) is 4.94. The van der Waals surface area contributed by atoms with Crippen molar-refractivity contribution in [3.63, 3.8) is 0 Å². The zero-order valence-corrected chi connectivity index (χ0v) is 13.0. The zero-order chi connectivity index (χ0) is 14.3. The molecule has 0 unspecified atom stereocenters. The third-order valence-electron chi connectivity index (χ3n) is 3.51. The van der Waals surface area contributed by atoms with Crippen LogP contribution >= 0.6 is 15.9 Å². The van der Waals surface area contributed by atoms with Crippen molar-refractivity contribution >= 4 is 21.9 Å². The average Bonchev–Trinajstić information content (AvgIpc) is 2.26. The Morgan fingerprint density at radius 3 is 2.42 bits per heavy atom. The molecular formula is C15H18BrFO2. The highest BCUT2D eigenvalue weighted by Gasteiger charge is 2.44. The van der Waals surface area contributed by atoms with Gasteiger partial charge >= 0.3 is 5.97 Å². The second kappa shape index (κ2) is 4.89. The Morgan fingerprint density at radius 2 is 2.00 bits per heavy atom. The quantitative estimate of drug-likeness (QED) is 0.744. The normalized spacial score (nSPS) is 17.7. The molecule has 104 valence electrons. The number of halogens is 2. The number of esters is 1. The topological polar surface area (TPSA) is 26.3 Å². The van der Waals surface area contributed by atoms with Gasteiger partial charge in [0.2, 0.25) is 0 Å². The second-order valence-corrected chi connectivity index (χ2v) is 6.97. The first-order valence-corrected chi connectivity index (χ1v) is 7.23. The SMILES string of the molecule is CC(C)(C)C(=O)OC1(c2ccc(Br)c(F)c2)CCC1. The van der Waals surface area contributed by atoms with Crippen molar-refractivity contribution in [2.24, 2.45) is 5.41 Å². The Hall–Kier alpha value is -0.900. The monoisotopic (exact) mass is 328 g/mol. The summed E-state index contributed by atoms with van der Waals surface area (Å²) in [5.74, 6) is -0.564. The number of rotatable bonds is 2. The fourth-order valence-corrected chi connectivity index (χ4v) is 2.30. The highest BCUT2D eigenvalue weighted by Crippen LogP contribution is 2.46. The Balaban J connectivity index is 2.28. The smallest absolute Gasteiger partial charge is 0.312 e. The Morgan fingerprint density at radius 1 is 1.37 bits per heavy atom. The lowest BCUT2D eigenvalue weighted by Crippen LogP contribution is -2.42. The van der Waals surface area contributed by atoms with Gasteiger partial charge < -0.3 is 4.74 Å². The van der Waals surface area contributed by atoms with Crippen LogP contribution in [0.25, 0.3) is 0 Å². The van der Waals surface area contributed by atoms with Crippen LogP contribution in [0.1, 0.15) is 45.6 Å². The van der Waals surface area contributed by atoms with Crippen molar-refractivity contribution in [3.05, 3.63) is 34.1 Å². The van der Waals surface area contributed by atoms with E-state index >= 15 is 0 Å². The van der Waals surface area contributed by atoms with Crippen molar-refractivity contribution < 1.29 is 13.9 Å². The molecule has 2 nitrogen and oxygen atoms in total. The van der Waals surface area contributed by atoms with E-state index in [1.807, 2.05) is 26.8 Å². The summed E-state index contributed by atoms with van der Waals surface area (Å²) >= 11 is 3.14. The highest BCUT2D eigenvalue weighted by atomic mass is 79.9. The summed E-state index contributed by atoms with van der Waals surface area (Å²) in [5.41, 5.74) is -0.431. The lowest BCUT2D eigenvalue weighted by molar-refractivity contribution is -0.181. The van der Waals surface area contributed by atoms with Gasteiger partial charge in [0.1, 0.15) is 11.4 Å². The van der Waals surface area contributed by atoms with Crippen LogP contribution in [0.5, 0.6) is 0 Å². The first kappa shape index (κ1) is 14.5.